The van der Waals surface area contributed by atoms with Gasteiger partial charge in [0.1, 0.15) is 30.2 Å². The molecule has 5 atom stereocenters. The van der Waals surface area contributed by atoms with Crippen LogP contribution in [0.5, 0.6) is 0 Å². The van der Waals surface area contributed by atoms with E-state index >= 15 is 0 Å². The zero-order valence-corrected chi connectivity index (χ0v) is 30.6. The molecule has 1 aliphatic carbocycles. The third-order valence-corrected chi connectivity index (χ3v) is 9.54. The van der Waals surface area contributed by atoms with Gasteiger partial charge in [0.2, 0.25) is 29.5 Å². The van der Waals surface area contributed by atoms with Crippen molar-refractivity contribution in [2.45, 2.75) is 122 Å². The fraction of sp³-hybridized carbons (Fsp3) is 0.639. The second-order valence-corrected chi connectivity index (χ2v) is 14.3. The summed E-state index contributed by atoms with van der Waals surface area (Å²) in [5, 5.41) is 20.9. The van der Waals surface area contributed by atoms with Crippen LogP contribution in [0.2, 0.25) is 0 Å². The summed E-state index contributed by atoms with van der Waals surface area (Å²) in [7, 11) is 0. The monoisotopic (exact) mass is 727 g/mol. The summed E-state index contributed by atoms with van der Waals surface area (Å²) in [6.45, 7) is 5.52. The summed E-state index contributed by atoms with van der Waals surface area (Å²) in [5.74, 6) is -4.13. The average molecular weight is 728 g/mol. The Bertz CT molecular complexity index is 1430. The van der Waals surface area contributed by atoms with Crippen LogP contribution in [0.3, 0.4) is 0 Å². The minimum atomic E-state index is -1.14. The minimum absolute atomic E-state index is 0.0225. The van der Waals surface area contributed by atoms with E-state index in [4.69, 9.17) is 17.2 Å². The molecule has 16 heteroatoms. The third-order valence-electron chi connectivity index (χ3n) is 9.54. The van der Waals surface area contributed by atoms with Crippen LogP contribution < -0.4 is 38.5 Å². The first-order valence-corrected chi connectivity index (χ1v) is 18.3. The highest BCUT2D eigenvalue weighted by atomic mass is 16.4. The summed E-state index contributed by atoms with van der Waals surface area (Å²) in [5.41, 5.74) is 18.1. The molecule has 52 heavy (non-hydrogen) atoms. The number of aliphatic imine (C=N–C) groups is 1. The topological polar surface area (TPSA) is 264 Å². The first-order chi connectivity index (χ1) is 24.7. The number of carboxylic acids is 1. The summed E-state index contributed by atoms with van der Waals surface area (Å²) in [4.78, 5) is 84.9. The van der Waals surface area contributed by atoms with Gasteiger partial charge in [0.25, 0.3) is 0 Å². The fourth-order valence-corrected chi connectivity index (χ4v) is 6.95. The molecule has 11 N–H and O–H groups in total. The maximum atomic E-state index is 14.2. The summed E-state index contributed by atoms with van der Waals surface area (Å²) in [6.07, 6.45) is 5.74. The number of amides is 5. The predicted octanol–water partition coefficient (Wildman–Crippen LogP) is 0.526. The van der Waals surface area contributed by atoms with E-state index in [2.05, 4.69) is 26.3 Å². The highest BCUT2D eigenvalue weighted by Crippen LogP contribution is 2.27. The summed E-state index contributed by atoms with van der Waals surface area (Å²) >= 11 is 0. The number of carbonyl (C=O) groups is 6. The number of nitrogens with zero attached hydrogens (tertiary/aromatic N) is 2. The molecule has 1 aromatic rings. The van der Waals surface area contributed by atoms with Gasteiger partial charge in [0.05, 0.1) is 0 Å². The SMILES string of the molecule is CC(=O)N[C@@H](Cc1ccc(N)cc1)C(=O)N[C@H](C(=O)N[C@@H](CCCN=C(N)N)C(=O)N[C@@H](CC(C)C)C(=O)N1CCC[C@H]1C(=O)O)C1CCCCC1. The van der Waals surface area contributed by atoms with E-state index in [0.29, 0.717) is 37.8 Å². The van der Waals surface area contributed by atoms with Crippen LogP contribution in [0.4, 0.5) is 5.69 Å². The molecule has 0 unspecified atom stereocenters. The van der Waals surface area contributed by atoms with Gasteiger partial charge in [-0.15, -0.1) is 0 Å². The Labute approximate surface area is 305 Å². The molecule has 0 radical (unpaired) electrons. The molecule has 288 valence electrons. The van der Waals surface area contributed by atoms with Crippen LogP contribution >= 0.6 is 0 Å². The van der Waals surface area contributed by atoms with Gasteiger partial charge in [-0.2, -0.15) is 0 Å². The molecule has 0 aromatic heterocycles. The normalized spacial score (nSPS) is 18.4. The minimum Gasteiger partial charge on any atom is -0.480 e. The van der Waals surface area contributed by atoms with E-state index in [1.807, 2.05) is 13.8 Å². The smallest absolute Gasteiger partial charge is 0.326 e. The number of anilines is 1. The molecule has 1 saturated carbocycles. The molecule has 1 heterocycles. The molecular weight excluding hydrogens is 670 g/mol. The van der Waals surface area contributed by atoms with E-state index < -0.39 is 65.7 Å². The lowest BCUT2D eigenvalue weighted by atomic mass is 9.83. The lowest BCUT2D eigenvalue weighted by molar-refractivity contribution is -0.149. The van der Waals surface area contributed by atoms with Crippen molar-refractivity contribution in [3.05, 3.63) is 29.8 Å². The second kappa shape index (κ2) is 20.2. The van der Waals surface area contributed by atoms with E-state index in [0.717, 1.165) is 24.8 Å². The van der Waals surface area contributed by atoms with Crippen molar-refractivity contribution in [2.75, 3.05) is 18.8 Å². The van der Waals surface area contributed by atoms with Gasteiger partial charge in [-0.25, -0.2) is 4.79 Å². The number of hydrogen-bond donors (Lipinski definition) is 8. The molecule has 5 amide bonds. The fourth-order valence-electron chi connectivity index (χ4n) is 6.95. The number of benzene rings is 1. The average Bonchev–Trinajstić information content (AvgIpc) is 3.59. The molecular formula is C36H57N9O7. The molecule has 1 aliphatic heterocycles. The summed E-state index contributed by atoms with van der Waals surface area (Å²) in [6, 6.07) is 1.78. The van der Waals surface area contributed by atoms with Gasteiger partial charge in [-0.05, 0) is 74.5 Å². The molecule has 16 nitrogen and oxygen atoms in total. The number of guanidine groups is 1. The van der Waals surface area contributed by atoms with Crippen LogP contribution in [-0.2, 0) is 35.2 Å². The number of nitrogen functional groups attached to an aromatic ring is 1. The summed E-state index contributed by atoms with van der Waals surface area (Å²) < 4.78 is 0. The maximum absolute atomic E-state index is 14.2. The third kappa shape index (κ3) is 13.0. The quantitative estimate of drug-likeness (QED) is 0.0450. The molecule has 2 aliphatic rings. The number of rotatable bonds is 18. The van der Waals surface area contributed by atoms with Gasteiger partial charge in [-0.1, -0.05) is 45.2 Å². The molecule has 3 rings (SSSR count). The Kier molecular flexibility index (Phi) is 16.2. The van der Waals surface area contributed by atoms with Crippen LogP contribution in [0.15, 0.2) is 29.3 Å². The zero-order chi connectivity index (χ0) is 38.4. The van der Waals surface area contributed by atoms with Crippen LogP contribution in [0.1, 0.15) is 90.5 Å². The molecule has 1 saturated heterocycles. The van der Waals surface area contributed by atoms with E-state index in [1.54, 1.807) is 24.3 Å². The Morgan fingerprint density at radius 1 is 0.846 bits per heavy atom. The van der Waals surface area contributed by atoms with Crippen LogP contribution in [0.25, 0.3) is 0 Å². The van der Waals surface area contributed by atoms with Crippen LogP contribution in [0, 0.1) is 11.8 Å². The predicted molar refractivity (Wildman–Crippen MR) is 196 cm³/mol. The Morgan fingerprint density at radius 3 is 2.08 bits per heavy atom. The molecule has 0 bridgehead atoms. The van der Waals surface area contributed by atoms with Crippen molar-refractivity contribution >= 4 is 47.2 Å². The number of nitrogens with two attached hydrogens (primary N) is 3. The van der Waals surface area contributed by atoms with E-state index in [9.17, 15) is 33.9 Å². The largest absolute Gasteiger partial charge is 0.480 e. The number of aliphatic carboxylic acids is 1. The Balaban J connectivity index is 1.87. The number of carbonyl (C=O) groups excluding carboxylic acids is 5. The van der Waals surface area contributed by atoms with Crippen molar-refractivity contribution < 1.29 is 33.9 Å². The number of likely N-dealkylation sites (tertiary alicyclic amines) is 1. The Hall–Kier alpha value is -4.89. The first-order valence-electron chi connectivity index (χ1n) is 18.3. The van der Waals surface area contributed by atoms with Crippen molar-refractivity contribution in [3.8, 4) is 0 Å². The highest BCUT2D eigenvalue weighted by Gasteiger charge is 2.39. The number of nitrogens with one attached hydrogen (secondary N) is 4. The highest BCUT2D eigenvalue weighted by molar-refractivity contribution is 5.96. The van der Waals surface area contributed by atoms with Gasteiger partial charge in [-0.3, -0.25) is 29.0 Å². The zero-order valence-electron chi connectivity index (χ0n) is 30.6. The lowest BCUT2D eigenvalue weighted by Crippen LogP contribution is -2.60. The van der Waals surface area contributed by atoms with Gasteiger partial charge in [0, 0.05) is 32.1 Å². The molecule has 2 fully saturated rings. The van der Waals surface area contributed by atoms with E-state index in [-0.39, 0.29) is 50.1 Å². The standard InChI is InChI=1S/C36H57N9O7/c1-21(2)19-28(34(50)45-18-8-12-29(45)35(51)52)43-31(47)26(11-7-17-40-36(38)39)42-33(49)30(24-9-5-4-6-10-24)44-32(48)27(41-22(3)46)20-23-13-15-25(37)16-14-23/h13-16,21,24,26-30H,4-12,17-20,37H2,1-3H3,(H,41,46)(H,42,49)(H,43,47)(H,44,48)(H,51,52)(H4,38,39,40)/t26-,27-,28-,29-,30-/m0/s1. The first kappa shape index (κ1) is 41.5. The van der Waals surface area contributed by atoms with Crippen LogP contribution in [-0.4, -0.2) is 94.8 Å². The number of carboxylic acid groups (broad SMARTS) is 1. The van der Waals surface area contributed by atoms with Gasteiger partial charge in [0.15, 0.2) is 5.96 Å². The van der Waals surface area contributed by atoms with Crippen molar-refractivity contribution in [2.24, 2.45) is 28.3 Å². The van der Waals surface area contributed by atoms with Crippen molar-refractivity contribution in [1.82, 2.24) is 26.2 Å². The lowest BCUT2D eigenvalue weighted by Gasteiger charge is -2.33. The van der Waals surface area contributed by atoms with Gasteiger partial charge >= 0.3 is 5.97 Å². The molecule has 0 spiro atoms. The molecule has 1 aromatic carbocycles. The Morgan fingerprint density at radius 2 is 1.48 bits per heavy atom. The van der Waals surface area contributed by atoms with Crippen molar-refractivity contribution in [3.63, 3.8) is 0 Å². The second-order valence-electron chi connectivity index (χ2n) is 14.3. The van der Waals surface area contributed by atoms with Crippen molar-refractivity contribution in [1.29, 1.82) is 0 Å². The van der Waals surface area contributed by atoms with E-state index in [1.165, 1.54) is 11.8 Å². The number of hydrogen-bond acceptors (Lipinski definition) is 8. The maximum Gasteiger partial charge on any atom is 0.326 e. The van der Waals surface area contributed by atoms with Gasteiger partial charge < -0.3 is 48.5 Å².